The molecule has 0 aromatic heterocycles. The summed E-state index contributed by atoms with van der Waals surface area (Å²) in [6.07, 6.45) is 83.9. The molecule has 0 spiro atoms. The van der Waals surface area contributed by atoms with Crippen molar-refractivity contribution < 1.29 is 28.6 Å². The standard InChI is InChI=1S/C66H104O6/c1-4-7-10-13-16-19-22-25-28-31-33-36-38-41-44-47-50-53-56-59-65(68)71-62-63(61-70-64(67)58-55-52-49-46-43-40-37-34-30-27-24-21-18-15-12-9-6-3)72-66(69)60-57-54-51-48-45-42-39-35-32-29-26-23-20-17-14-11-8-5-2/h7,10,13,16,18-19,21-23,25-33,35-36,38-39,41,44,63H,4-6,8-9,11-12,14-15,17,20,24,34,37,40,42-43,45-62H2,1-3H3/b10-7-,16-13-,21-18-,22-19-,26-23-,28-25-,30-27-,32-29-,33-31+,38-36-,39-35-,44-41-. The topological polar surface area (TPSA) is 78.9 Å². The molecular formula is C66H104O6. The van der Waals surface area contributed by atoms with Gasteiger partial charge in [0, 0.05) is 19.3 Å². The molecule has 0 aliphatic heterocycles. The molecule has 0 aliphatic rings. The van der Waals surface area contributed by atoms with Gasteiger partial charge in [0.15, 0.2) is 6.10 Å². The number of rotatable bonds is 50. The van der Waals surface area contributed by atoms with Crippen LogP contribution in [0.25, 0.3) is 0 Å². The van der Waals surface area contributed by atoms with Crippen LogP contribution in [0.15, 0.2) is 146 Å². The first-order chi connectivity index (χ1) is 35.5. The summed E-state index contributed by atoms with van der Waals surface area (Å²) < 4.78 is 16.8. The predicted octanol–water partition coefficient (Wildman–Crippen LogP) is 19.6. The van der Waals surface area contributed by atoms with Crippen LogP contribution in [-0.4, -0.2) is 37.2 Å². The minimum absolute atomic E-state index is 0.112. The predicted molar refractivity (Wildman–Crippen MR) is 311 cm³/mol. The minimum atomic E-state index is -0.819. The molecule has 0 fully saturated rings. The van der Waals surface area contributed by atoms with Gasteiger partial charge in [-0.25, -0.2) is 0 Å². The van der Waals surface area contributed by atoms with Gasteiger partial charge in [-0.3, -0.25) is 14.4 Å². The number of hydrogen-bond acceptors (Lipinski definition) is 6. The molecule has 0 bridgehead atoms. The van der Waals surface area contributed by atoms with Crippen molar-refractivity contribution in [2.75, 3.05) is 13.2 Å². The zero-order valence-electron chi connectivity index (χ0n) is 46.1. The third kappa shape index (κ3) is 56.2. The van der Waals surface area contributed by atoms with E-state index in [4.69, 9.17) is 14.2 Å². The van der Waals surface area contributed by atoms with Gasteiger partial charge in [-0.1, -0.05) is 263 Å². The largest absolute Gasteiger partial charge is 0.462 e. The Balaban J connectivity index is 4.58. The van der Waals surface area contributed by atoms with E-state index in [0.29, 0.717) is 12.8 Å². The molecule has 0 amide bonds. The van der Waals surface area contributed by atoms with Crippen LogP contribution in [0.2, 0.25) is 0 Å². The van der Waals surface area contributed by atoms with Crippen molar-refractivity contribution in [3.05, 3.63) is 146 Å². The van der Waals surface area contributed by atoms with Crippen LogP contribution in [0.5, 0.6) is 0 Å². The van der Waals surface area contributed by atoms with Crippen molar-refractivity contribution in [2.45, 2.75) is 239 Å². The molecule has 1 unspecified atom stereocenters. The second-order valence-electron chi connectivity index (χ2n) is 18.7. The maximum absolute atomic E-state index is 12.9. The van der Waals surface area contributed by atoms with E-state index in [1.54, 1.807) is 0 Å². The molecule has 0 N–H and O–H groups in total. The number of carbonyl (C=O) groups is 3. The molecule has 0 rings (SSSR count). The van der Waals surface area contributed by atoms with Crippen molar-refractivity contribution in [3.8, 4) is 0 Å². The van der Waals surface area contributed by atoms with Crippen LogP contribution in [-0.2, 0) is 28.6 Å². The summed E-state index contributed by atoms with van der Waals surface area (Å²) in [5, 5.41) is 0. The van der Waals surface area contributed by atoms with E-state index >= 15 is 0 Å². The molecule has 0 aliphatic carbocycles. The summed E-state index contributed by atoms with van der Waals surface area (Å²) in [6, 6.07) is 0. The average Bonchev–Trinajstić information content (AvgIpc) is 3.38. The van der Waals surface area contributed by atoms with Crippen molar-refractivity contribution in [1.82, 2.24) is 0 Å². The van der Waals surface area contributed by atoms with Crippen LogP contribution in [0, 0.1) is 0 Å². The SMILES string of the molecule is CC\C=C/C=C\C=C/C=C\C=C\C=C/C=C\CCCCCC(=O)OCC(COC(=O)CCCCCCCCC/C=C\C/C=C\CCCCC)OC(=O)CCCCCCC\C=C/C=C\C=C/CCCCCCC. The molecule has 0 aromatic carbocycles. The molecule has 6 nitrogen and oxygen atoms in total. The number of ether oxygens (including phenoxy) is 3. The molecule has 0 saturated heterocycles. The van der Waals surface area contributed by atoms with E-state index in [1.807, 2.05) is 72.9 Å². The lowest BCUT2D eigenvalue weighted by molar-refractivity contribution is -0.167. The van der Waals surface area contributed by atoms with Crippen LogP contribution in [0.3, 0.4) is 0 Å². The van der Waals surface area contributed by atoms with Gasteiger partial charge < -0.3 is 14.2 Å². The van der Waals surface area contributed by atoms with Crippen molar-refractivity contribution in [1.29, 1.82) is 0 Å². The Morgan fingerprint density at radius 1 is 0.306 bits per heavy atom. The fraction of sp³-hybridized carbons (Fsp3) is 0.591. The number of hydrogen-bond donors (Lipinski definition) is 0. The number of unbranched alkanes of at least 4 members (excludes halogenated alkanes) is 23. The highest BCUT2D eigenvalue weighted by Crippen LogP contribution is 2.14. The quantitative estimate of drug-likeness (QED) is 0.0199. The van der Waals surface area contributed by atoms with Gasteiger partial charge in [-0.2, -0.15) is 0 Å². The summed E-state index contributed by atoms with van der Waals surface area (Å²) in [5.74, 6) is -0.990. The fourth-order valence-corrected chi connectivity index (χ4v) is 7.46. The lowest BCUT2D eigenvalue weighted by atomic mass is 10.1. The summed E-state index contributed by atoms with van der Waals surface area (Å²) in [5.41, 5.74) is 0. The molecule has 0 radical (unpaired) electrons. The highest BCUT2D eigenvalue weighted by atomic mass is 16.6. The number of allylic oxidation sites excluding steroid dienone is 24. The van der Waals surface area contributed by atoms with Gasteiger partial charge in [0.25, 0.3) is 0 Å². The Morgan fingerprint density at radius 2 is 0.597 bits per heavy atom. The molecule has 72 heavy (non-hydrogen) atoms. The molecule has 6 heteroatoms. The molecule has 1 atom stereocenters. The molecular weight excluding hydrogens is 889 g/mol. The lowest BCUT2D eigenvalue weighted by Gasteiger charge is -2.18. The number of carbonyl (C=O) groups excluding carboxylic acids is 3. The van der Waals surface area contributed by atoms with Gasteiger partial charge in [0.1, 0.15) is 13.2 Å². The molecule has 0 aromatic rings. The maximum atomic E-state index is 12.9. The first-order valence-corrected chi connectivity index (χ1v) is 29.0. The Bertz CT molecular complexity index is 1610. The van der Waals surface area contributed by atoms with Crippen molar-refractivity contribution in [2.24, 2.45) is 0 Å². The van der Waals surface area contributed by atoms with E-state index in [1.165, 1.54) is 83.5 Å². The van der Waals surface area contributed by atoms with E-state index in [-0.39, 0.29) is 37.5 Å². The monoisotopic (exact) mass is 993 g/mol. The minimum Gasteiger partial charge on any atom is -0.462 e. The summed E-state index contributed by atoms with van der Waals surface area (Å²) >= 11 is 0. The highest BCUT2D eigenvalue weighted by Gasteiger charge is 2.19. The van der Waals surface area contributed by atoms with Gasteiger partial charge in [0.2, 0.25) is 0 Å². The zero-order chi connectivity index (χ0) is 52.2. The molecule has 404 valence electrons. The van der Waals surface area contributed by atoms with Crippen molar-refractivity contribution in [3.63, 3.8) is 0 Å². The van der Waals surface area contributed by atoms with Crippen LogP contribution >= 0.6 is 0 Å². The summed E-state index contributed by atoms with van der Waals surface area (Å²) in [4.78, 5) is 38.2. The van der Waals surface area contributed by atoms with E-state index in [2.05, 4.69) is 93.7 Å². The van der Waals surface area contributed by atoms with Gasteiger partial charge in [-0.15, -0.1) is 0 Å². The lowest BCUT2D eigenvalue weighted by Crippen LogP contribution is -2.30. The Kier molecular flexibility index (Phi) is 55.0. The van der Waals surface area contributed by atoms with Gasteiger partial charge in [0.05, 0.1) is 0 Å². The van der Waals surface area contributed by atoms with Gasteiger partial charge in [-0.05, 0) is 96.3 Å². The first-order valence-electron chi connectivity index (χ1n) is 29.0. The van der Waals surface area contributed by atoms with E-state index < -0.39 is 6.10 Å². The maximum Gasteiger partial charge on any atom is 0.306 e. The second kappa shape index (κ2) is 58.9. The van der Waals surface area contributed by atoms with Crippen LogP contribution in [0.1, 0.15) is 233 Å². The Hall–Kier alpha value is -4.71. The van der Waals surface area contributed by atoms with E-state index in [9.17, 15) is 14.4 Å². The Labute approximate surface area is 442 Å². The summed E-state index contributed by atoms with van der Waals surface area (Å²) in [7, 11) is 0. The molecule has 0 saturated carbocycles. The molecule has 0 heterocycles. The zero-order valence-corrected chi connectivity index (χ0v) is 46.1. The van der Waals surface area contributed by atoms with Gasteiger partial charge >= 0.3 is 17.9 Å². The third-order valence-corrected chi connectivity index (χ3v) is 11.8. The fourth-order valence-electron chi connectivity index (χ4n) is 7.46. The second-order valence-corrected chi connectivity index (χ2v) is 18.7. The van der Waals surface area contributed by atoms with Crippen molar-refractivity contribution >= 4 is 17.9 Å². The number of esters is 3. The third-order valence-electron chi connectivity index (χ3n) is 11.8. The van der Waals surface area contributed by atoms with Crippen LogP contribution in [0.4, 0.5) is 0 Å². The first kappa shape index (κ1) is 67.3. The van der Waals surface area contributed by atoms with E-state index in [0.717, 1.165) is 109 Å². The highest BCUT2D eigenvalue weighted by molar-refractivity contribution is 5.71. The summed E-state index contributed by atoms with van der Waals surface area (Å²) in [6.45, 7) is 6.38. The van der Waals surface area contributed by atoms with Crippen LogP contribution < -0.4 is 0 Å². The smallest absolute Gasteiger partial charge is 0.306 e. The Morgan fingerprint density at radius 3 is 1.00 bits per heavy atom. The average molecular weight is 994 g/mol. The normalized spacial score (nSPS) is 13.2.